The molecule has 2 rings (SSSR count). The van der Waals surface area contributed by atoms with Gasteiger partial charge in [0.2, 0.25) is 0 Å². The van der Waals surface area contributed by atoms with Crippen LogP contribution < -0.4 is 5.32 Å². The molecule has 1 atom stereocenters. The van der Waals surface area contributed by atoms with Gasteiger partial charge in [-0.05, 0) is 60.9 Å². The Morgan fingerprint density at radius 2 is 2.12 bits per heavy atom. The summed E-state index contributed by atoms with van der Waals surface area (Å²) in [5.41, 5.74) is 2.16. The molecule has 17 heavy (non-hydrogen) atoms. The summed E-state index contributed by atoms with van der Waals surface area (Å²) in [6.45, 7) is 0. The molecule has 0 spiro atoms. The molecule has 0 aliphatic carbocycles. The van der Waals surface area contributed by atoms with E-state index in [0.29, 0.717) is 0 Å². The van der Waals surface area contributed by atoms with Gasteiger partial charge in [-0.25, -0.2) is 4.68 Å². The van der Waals surface area contributed by atoms with Gasteiger partial charge in [-0.1, -0.05) is 5.21 Å². The number of halogens is 3. The average Bonchev–Trinajstić information content (AvgIpc) is 2.76. The van der Waals surface area contributed by atoms with Crippen molar-refractivity contribution in [3.05, 3.63) is 29.5 Å². The predicted octanol–water partition coefficient (Wildman–Crippen LogP) is 3.47. The van der Waals surface area contributed by atoms with Crippen LogP contribution >= 0.6 is 59.1 Å². The number of hydrogen-bond donors (Lipinski definition) is 1. The fourth-order valence-electron chi connectivity index (χ4n) is 1.63. The van der Waals surface area contributed by atoms with Crippen molar-refractivity contribution < 1.29 is 0 Å². The molecule has 4 nitrogen and oxygen atoms in total. The Bertz CT molecular complexity index is 517. The van der Waals surface area contributed by atoms with Crippen LogP contribution in [0.2, 0.25) is 0 Å². The van der Waals surface area contributed by atoms with Gasteiger partial charge in [0.05, 0.1) is 19.3 Å². The quantitative estimate of drug-likeness (QED) is 0.788. The highest BCUT2D eigenvalue weighted by Gasteiger charge is 2.23. The van der Waals surface area contributed by atoms with Gasteiger partial charge in [0.25, 0.3) is 0 Å². The molecule has 0 radical (unpaired) electrons. The first kappa shape index (κ1) is 13.7. The van der Waals surface area contributed by atoms with Gasteiger partial charge < -0.3 is 5.32 Å². The van der Waals surface area contributed by atoms with E-state index in [0.717, 1.165) is 23.4 Å². The minimum absolute atomic E-state index is 0.0429. The van der Waals surface area contributed by atoms with Crippen molar-refractivity contribution in [1.82, 2.24) is 20.3 Å². The number of aromatic nitrogens is 3. The molecule has 0 saturated heterocycles. The van der Waals surface area contributed by atoms with Gasteiger partial charge in [-0.15, -0.1) is 16.4 Å². The van der Waals surface area contributed by atoms with Crippen molar-refractivity contribution in [3.8, 4) is 0 Å². The summed E-state index contributed by atoms with van der Waals surface area (Å²) in [7, 11) is 3.80. The third-order valence-corrected chi connectivity index (χ3v) is 5.33. The van der Waals surface area contributed by atoms with Gasteiger partial charge >= 0.3 is 0 Å². The van der Waals surface area contributed by atoms with Crippen LogP contribution in [-0.2, 0) is 7.05 Å². The van der Waals surface area contributed by atoms with E-state index in [1.54, 1.807) is 16.0 Å². The Morgan fingerprint density at radius 1 is 1.41 bits per heavy atom. The Labute approximate surface area is 128 Å². The summed E-state index contributed by atoms with van der Waals surface area (Å²) < 4.78 is 4.71. The topological polar surface area (TPSA) is 42.7 Å². The molecule has 0 bridgehead atoms. The largest absolute Gasteiger partial charge is 0.308 e. The number of thiophene rings is 1. The standard InChI is InChI=1S/C9H9Br3N4S/c1-13-6(4-3-5(10)17-9(4)12)7-8(11)14-15-16(7)2/h3,6,13H,1-2H3. The second-order valence-corrected chi connectivity index (χ2v) is 7.89. The van der Waals surface area contributed by atoms with Crippen LogP contribution in [-0.4, -0.2) is 22.0 Å². The van der Waals surface area contributed by atoms with Crippen LogP contribution in [0.15, 0.2) is 18.2 Å². The van der Waals surface area contributed by atoms with E-state index in [-0.39, 0.29) is 6.04 Å². The van der Waals surface area contributed by atoms with E-state index in [1.807, 2.05) is 14.1 Å². The molecule has 0 aliphatic rings. The minimum atomic E-state index is 0.0429. The highest BCUT2D eigenvalue weighted by Crippen LogP contribution is 2.38. The predicted molar refractivity (Wildman–Crippen MR) is 79.3 cm³/mol. The Balaban J connectivity index is 2.51. The van der Waals surface area contributed by atoms with Crippen LogP contribution in [0, 0.1) is 0 Å². The Hall–Kier alpha value is 0.240. The van der Waals surface area contributed by atoms with Crippen molar-refractivity contribution >= 4 is 59.1 Å². The van der Waals surface area contributed by atoms with Crippen molar-refractivity contribution in [2.24, 2.45) is 7.05 Å². The lowest BCUT2D eigenvalue weighted by molar-refractivity contribution is 0.597. The van der Waals surface area contributed by atoms with Gasteiger partial charge in [-0.2, -0.15) is 0 Å². The third-order valence-electron chi connectivity index (χ3n) is 2.38. The lowest BCUT2D eigenvalue weighted by Gasteiger charge is -2.15. The molecule has 2 aromatic rings. The molecule has 0 aliphatic heterocycles. The maximum atomic E-state index is 4.01. The third kappa shape index (κ3) is 2.65. The van der Waals surface area contributed by atoms with E-state index < -0.39 is 0 Å². The zero-order valence-corrected chi connectivity index (χ0v) is 14.6. The van der Waals surface area contributed by atoms with Gasteiger partial charge in [-0.3, -0.25) is 0 Å². The normalized spacial score (nSPS) is 13.0. The van der Waals surface area contributed by atoms with Gasteiger partial charge in [0.15, 0.2) is 4.60 Å². The summed E-state index contributed by atoms with van der Waals surface area (Å²) in [4.78, 5) is 0. The summed E-state index contributed by atoms with van der Waals surface area (Å²) in [5, 5.41) is 11.3. The van der Waals surface area contributed by atoms with Gasteiger partial charge in [0.1, 0.15) is 0 Å². The molecule has 2 heterocycles. The van der Waals surface area contributed by atoms with Crippen LogP contribution in [0.25, 0.3) is 0 Å². The molecule has 1 N–H and O–H groups in total. The maximum Gasteiger partial charge on any atom is 0.153 e. The number of rotatable bonds is 3. The zero-order chi connectivity index (χ0) is 12.6. The summed E-state index contributed by atoms with van der Waals surface area (Å²) >= 11 is 12.1. The first-order valence-electron chi connectivity index (χ1n) is 4.71. The van der Waals surface area contributed by atoms with E-state index in [9.17, 15) is 0 Å². The smallest absolute Gasteiger partial charge is 0.153 e. The lowest BCUT2D eigenvalue weighted by atomic mass is 10.1. The van der Waals surface area contributed by atoms with E-state index >= 15 is 0 Å². The highest BCUT2D eigenvalue weighted by molar-refractivity contribution is 9.12. The first-order chi connectivity index (χ1) is 8.04. The molecule has 0 fully saturated rings. The number of nitrogens with zero attached hydrogens (tertiary/aromatic N) is 3. The molecular formula is C9H9Br3N4S. The zero-order valence-electron chi connectivity index (χ0n) is 9.04. The van der Waals surface area contributed by atoms with Crippen molar-refractivity contribution in [1.29, 1.82) is 0 Å². The van der Waals surface area contributed by atoms with E-state index in [1.165, 1.54) is 0 Å². The summed E-state index contributed by atoms with van der Waals surface area (Å²) in [6, 6.07) is 2.14. The molecule has 92 valence electrons. The van der Waals surface area contributed by atoms with E-state index in [2.05, 4.69) is 69.5 Å². The molecule has 1 unspecified atom stereocenters. The number of aryl methyl sites for hydroxylation is 1. The second kappa shape index (κ2) is 5.48. The number of nitrogens with one attached hydrogen (secondary N) is 1. The Morgan fingerprint density at radius 3 is 2.53 bits per heavy atom. The van der Waals surface area contributed by atoms with Crippen LogP contribution in [0.1, 0.15) is 17.3 Å². The highest BCUT2D eigenvalue weighted by atomic mass is 79.9. The fraction of sp³-hybridized carbons (Fsp3) is 0.333. The molecular weight excluding hydrogens is 436 g/mol. The van der Waals surface area contributed by atoms with Crippen LogP contribution in [0.4, 0.5) is 0 Å². The molecule has 0 amide bonds. The lowest BCUT2D eigenvalue weighted by Crippen LogP contribution is -2.20. The summed E-state index contributed by atoms with van der Waals surface area (Å²) in [5.74, 6) is 0. The minimum Gasteiger partial charge on any atom is -0.308 e. The maximum absolute atomic E-state index is 4.01. The monoisotopic (exact) mass is 442 g/mol. The number of hydrogen-bond acceptors (Lipinski definition) is 4. The Kier molecular flexibility index (Phi) is 4.40. The molecule has 0 aromatic carbocycles. The molecule has 0 saturated carbocycles. The first-order valence-corrected chi connectivity index (χ1v) is 7.91. The second-order valence-electron chi connectivity index (χ2n) is 3.39. The van der Waals surface area contributed by atoms with Crippen LogP contribution in [0.5, 0.6) is 0 Å². The SMILES string of the molecule is CNC(c1cc(Br)sc1Br)c1c(Br)nnn1C. The fourth-order valence-corrected chi connectivity index (χ4v) is 5.09. The van der Waals surface area contributed by atoms with Crippen molar-refractivity contribution in [3.63, 3.8) is 0 Å². The van der Waals surface area contributed by atoms with Gasteiger partial charge in [0, 0.05) is 12.6 Å². The van der Waals surface area contributed by atoms with E-state index in [4.69, 9.17) is 0 Å². The van der Waals surface area contributed by atoms with Crippen LogP contribution in [0.3, 0.4) is 0 Å². The average molecular weight is 445 g/mol. The van der Waals surface area contributed by atoms with Crippen molar-refractivity contribution in [2.75, 3.05) is 7.05 Å². The molecule has 2 aromatic heterocycles. The summed E-state index contributed by atoms with van der Waals surface area (Å²) in [6.07, 6.45) is 0. The van der Waals surface area contributed by atoms with Crippen molar-refractivity contribution in [2.45, 2.75) is 6.04 Å². The molecule has 8 heteroatoms.